The number of rotatable bonds is 2. The zero-order valence-corrected chi connectivity index (χ0v) is 10.5. The monoisotopic (exact) mass is 282 g/mol. The zero-order chi connectivity index (χ0) is 13.1. The summed E-state index contributed by atoms with van der Waals surface area (Å²) in [6.45, 7) is 0. The third-order valence-electron chi connectivity index (χ3n) is 2.21. The first kappa shape index (κ1) is 12.7. The fourth-order valence-corrected chi connectivity index (χ4v) is 1.72. The van der Waals surface area contributed by atoms with Crippen LogP contribution in [0.3, 0.4) is 0 Å². The van der Waals surface area contributed by atoms with Crippen molar-refractivity contribution in [2.24, 2.45) is 0 Å². The van der Waals surface area contributed by atoms with Crippen LogP contribution in [0.25, 0.3) is 0 Å². The number of halogens is 2. The van der Waals surface area contributed by atoms with Gasteiger partial charge in [-0.05, 0) is 18.2 Å². The van der Waals surface area contributed by atoms with Gasteiger partial charge in [0.05, 0.1) is 15.7 Å². The van der Waals surface area contributed by atoms with Crippen LogP contribution in [-0.2, 0) is 0 Å². The number of nitrogens with one attached hydrogen (secondary N) is 2. The maximum atomic E-state index is 11.8. The highest BCUT2D eigenvalue weighted by Gasteiger charge is 2.10. The second-order valence-electron chi connectivity index (χ2n) is 3.48. The van der Waals surface area contributed by atoms with Crippen molar-refractivity contribution in [3.05, 3.63) is 62.5 Å². The van der Waals surface area contributed by atoms with Crippen molar-refractivity contribution in [1.82, 2.24) is 4.98 Å². The lowest BCUT2D eigenvalue weighted by molar-refractivity contribution is 0.102. The van der Waals surface area contributed by atoms with Gasteiger partial charge in [0.25, 0.3) is 5.91 Å². The summed E-state index contributed by atoms with van der Waals surface area (Å²) in [5.74, 6) is -0.461. The minimum Gasteiger partial charge on any atom is -0.319 e. The Bertz CT molecular complexity index is 653. The van der Waals surface area contributed by atoms with E-state index < -0.39 is 5.91 Å². The van der Waals surface area contributed by atoms with Crippen molar-refractivity contribution >= 4 is 34.8 Å². The molecule has 18 heavy (non-hydrogen) atoms. The average Bonchev–Trinajstić information content (AvgIpc) is 2.35. The number of H-pyrrole nitrogens is 1. The molecule has 0 saturated carbocycles. The Morgan fingerprint density at radius 2 is 1.83 bits per heavy atom. The Kier molecular flexibility index (Phi) is 3.69. The van der Waals surface area contributed by atoms with Crippen LogP contribution >= 0.6 is 23.2 Å². The fraction of sp³-hybridized carbons (Fsp3) is 0. The van der Waals surface area contributed by atoms with Gasteiger partial charge in [0.15, 0.2) is 0 Å². The molecule has 0 fully saturated rings. The average molecular weight is 283 g/mol. The molecule has 4 nitrogen and oxygen atoms in total. The van der Waals surface area contributed by atoms with Crippen molar-refractivity contribution in [2.45, 2.75) is 0 Å². The summed E-state index contributed by atoms with van der Waals surface area (Å²) >= 11 is 11.8. The number of amides is 1. The van der Waals surface area contributed by atoms with Crippen LogP contribution < -0.4 is 10.9 Å². The lowest BCUT2D eigenvalue weighted by Crippen LogP contribution is -2.18. The highest BCUT2D eigenvalue weighted by molar-refractivity contribution is 6.44. The Morgan fingerprint density at radius 1 is 1.11 bits per heavy atom. The number of carbonyl (C=O) groups excluding carboxylic acids is 1. The molecular formula is C12H8Cl2N2O2. The highest BCUT2D eigenvalue weighted by Crippen LogP contribution is 2.29. The van der Waals surface area contributed by atoms with E-state index >= 15 is 0 Å². The molecule has 92 valence electrons. The first-order valence-corrected chi connectivity index (χ1v) is 5.78. The van der Waals surface area contributed by atoms with Gasteiger partial charge in [0.2, 0.25) is 5.56 Å². The molecule has 0 aliphatic heterocycles. The molecule has 0 aliphatic carbocycles. The number of carbonyl (C=O) groups is 1. The minimum atomic E-state index is -0.461. The first-order chi connectivity index (χ1) is 8.58. The molecule has 2 N–H and O–H groups in total. The van der Waals surface area contributed by atoms with E-state index in [1.807, 2.05) is 0 Å². The summed E-state index contributed by atoms with van der Waals surface area (Å²) in [4.78, 5) is 25.4. The number of anilines is 1. The van der Waals surface area contributed by atoms with E-state index in [-0.39, 0.29) is 16.3 Å². The first-order valence-electron chi connectivity index (χ1n) is 5.02. The number of benzene rings is 1. The summed E-state index contributed by atoms with van der Waals surface area (Å²) in [6, 6.07) is 9.21. The van der Waals surface area contributed by atoms with E-state index in [0.717, 1.165) is 0 Å². The fourth-order valence-electron chi connectivity index (χ4n) is 1.37. The van der Waals surface area contributed by atoms with Crippen molar-refractivity contribution in [3.8, 4) is 0 Å². The predicted molar refractivity (Wildman–Crippen MR) is 71.5 cm³/mol. The molecule has 0 radical (unpaired) electrons. The van der Waals surface area contributed by atoms with Crippen LogP contribution in [0.1, 0.15) is 10.5 Å². The van der Waals surface area contributed by atoms with Crippen LogP contribution in [0.2, 0.25) is 10.0 Å². The molecule has 1 heterocycles. The molecule has 1 aromatic carbocycles. The largest absolute Gasteiger partial charge is 0.319 e. The Balaban J connectivity index is 2.27. The third-order valence-corrected chi connectivity index (χ3v) is 3.03. The minimum absolute atomic E-state index is 0.151. The number of hydrogen-bond acceptors (Lipinski definition) is 2. The third kappa shape index (κ3) is 2.72. The van der Waals surface area contributed by atoms with Gasteiger partial charge in [0, 0.05) is 6.07 Å². The Hall–Kier alpha value is -1.78. The van der Waals surface area contributed by atoms with Gasteiger partial charge >= 0.3 is 0 Å². The topological polar surface area (TPSA) is 62.0 Å². The summed E-state index contributed by atoms with van der Waals surface area (Å²) in [5, 5.41) is 3.17. The van der Waals surface area contributed by atoms with Crippen LogP contribution in [0, 0.1) is 0 Å². The number of pyridine rings is 1. The van der Waals surface area contributed by atoms with Gasteiger partial charge in [0.1, 0.15) is 5.69 Å². The molecule has 0 bridgehead atoms. The highest BCUT2D eigenvalue weighted by atomic mass is 35.5. The second-order valence-corrected chi connectivity index (χ2v) is 4.27. The molecule has 0 aliphatic rings. The van der Waals surface area contributed by atoms with Gasteiger partial charge in [-0.1, -0.05) is 35.3 Å². The standard InChI is InChI=1S/C12H8Cl2N2O2/c13-7-3-1-4-8(11(7)14)16-12(18)9-5-2-6-10(17)15-9/h1-6H,(H,15,17)(H,16,18). The molecule has 2 rings (SSSR count). The Morgan fingerprint density at radius 3 is 2.56 bits per heavy atom. The summed E-state index contributed by atoms with van der Waals surface area (Å²) in [7, 11) is 0. The second kappa shape index (κ2) is 5.25. The van der Waals surface area contributed by atoms with Gasteiger partial charge in [-0.15, -0.1) is 0 Å². The molecule has 1 amide bonds. The maximum absolute atomic E-state index is 11.8. The number of aromatic nitrogens is 1. The molecule has 0 atom stereocenters. The van der Waals surface area contributed by atoms with E-state index in [2.05, 4.69) is 10.3 Å². The molecule has 1 aromatic heterocycles. The van der Waals surface area contributed by atoms with Crippen molar-refractivity contribution in [1.29, 1.82) is 0 Å². The molecule has 0 unspecified atom stereocenters. The SMILES string of the molecule is O=C(Nc1cccc(Cl)c1Cl)c1cccc(=O)[nH]1. The molecule has 6 heteroatoms. The summed E-state index contributed by atoms with van der Waals surface area (Å²) in [5.41, 5.74) is 0.192. The van der Waals surface area contributed by atoms with Crippen molar-refractivity contribution < 1.29 is 4.79 Å². The quantitative estimate of drug-likeness (QED) is 0.890. The van der Waals surface area contributed by atoms with Crippen molar-refractivity contribution in [3.63, 3.8) is 0 Å². The number of hydrogen-bond donors (Lipinski definition) is 2. The van der Waals surface area contributed by atoms with Crippen LogP contribution in [-0.4, -0.2) is 10.9 Å². The zero-order valence-electron chi connectivity index (χ0n) is 9.04. The summed E-state index contributed by atoms with van der Waals surface area (Å²) < 4.78 is 0. The van der Waals surface area contributed by atoms with E-state index in [1.54, 1.807) is 18.2 Å². The normalized spacial score (nSPS) is 10.1. The smallest absolute Gasteiger partial charge is 0.272 e. The van der Waals surface area contributed by atoms with Crippen molar-refractivity contribution in [2.75, 3.05) is 5.32 Å². The molecule has 0 saturated heterocycles. The molecule has 0 spiro atoms. The van der Waals surface area contributed by atoms with E-state index in [0.29, 0.717) is 10.7 Å². The molecular weight excluding hydrogens is 275 g/mol. The van der Waals surface area contributed by atoms with Gasteiger partial charge < -0.3 is 10.3 Å². The Labute approximate surface area is 113 Å². The van der Waals surface area contributed by atoms with E-state index in [4.69, 9.17) is 23.2 Å². The van der Waals surface area contributed by atoms with E-state index in [1.165, 1.54) is 18.2 Å². The number of aromatic amines is 1. The van der Waals surface area contributed by atoms with Gasteiger partial charge in [-0.3, -0.25) is 9.59 Å². The molecule has 2 aromatic rings. The maximum Gasteiger partial charge on any atom is 0.272 e. The van der Waals surface area contributed by atoms with Crippen LogP contribution in [0.5, 0.6) is 0 Å². The summed E-state index contributed by atoms with van der Waals surface area (Å²) in [6.07, 6.45) is 0. The van der Waals surface area contributed by atoms with Gasteiger partial charge in [-0.2, -0.15) is 0 Å². The van der Waals surface area contributed by atoms with Gasteiger partial charge in [-0.25, -0.2) is 0 Å². The lowest BCUT2D eigenvalue weighted by atomic mass is 10.3. The van der Waals surface area contributed by atoms with Crippen LogP contribution in [0.4, 0.5) is 5.69 Å². The van der Waals surface area contributed by atoms with Crippen LogP contribution in [0.15, 0.2) is 41.2 Å². The van der Waals surface area contributed by atoms with E-state index in [9.17, 15) is 9.59 Å². The lowest BCUT2D eigenvalue weighted by Gasteiger charge is -2.07. The predicted octanol–water partition coefficient (Wildman–Crippen LogP) is 2.93.